The van der Waals surface area contributed by atoms with Gasteiger partial charge in [-0.3, -0.25) is 13.9 Å². The monoisotopic (exact) mass is 559 g/mol. The summed E-state index contributed by atoms with van der Waals surface area (Å²) in [6.07, 6.45) is 0. The number of amides is 2. The molecule has 202 valence electrons. The maximum atomic E-state index is 13.8. The number of carbonyl (C=O) groups excluding carboxylic acids is 2. The van der Waals surface area contributed by atoms with E-state index >= 15 is 0 Å². The summed E-state index contributed by atoms with van der Waals surface area (Å²) < 4.78 is 41.9. The van der Waals surface area contributed by atoms with Gasteiger partial charge in [0.05, 0.1) is 10.6 Å². The Labute approximate surface area is 228 Å². The van der Waals surface area contributed by atoms with Gasteiger partial charge in [-0.25, -0.2) is 12.8 Å². The lowest BCUT2D eigenvalue weighted by atomic mass is 10.1. The van der Waals surface area contributed by atoms with Crippen LogP contribution in [0.4, 0.5) is 10.1 Å². The van der Waals surface area contributed by atoms with Gasteiger partial charge in [-0.05, 0) is 81.8 Å². The van der Waals surface area contributed by atoms with Crippen molar-refractivity contribution in [2.75, 3.05) is 10.8 Å². The Bertz CT molecular complexity index is 1360. The number of benzene rings is 3. The predicted octanol–water partition coefficient (Wildman–Crippen LogP) is 5.01. The van der Waals surface area contributed by atoms with Crippen LogP contribution in [0.1, 0.15) is 33.3 Å². The number of hydrogen-bond donors (Lipinski definition) is 1. The number of nitrogens with one attached hydrogen (secondary N) is 1. The van der Waals surface area contributed by atoms with Crippen molar-refractivity contribution in [3.63, 3.8) is 0 Å². The maximum absolute atomic E-state index is 13.8. The third-order valence-electron chi connectivity index (χ3n) is 5.66. The van der Waals surface area contributed by atoms with E-state index in [0.717, 1.165) is 4.31 Å². The van der Waals surface area contributed by atoms with E-state index in [-0.39, 0.29) is 17.1 Å². The molecule has 1 N–H and O–H groups in total. The first-order valence-corrected chi connectivity index (χ1v) is 13.8. The molecule has 0 bridgehead atoms. The van der Waals surface area contributed by atoms with E-state index in [2.05, 4.69) is 5.32 Å². The van der Waals surface area contributed by atoms with Gasteiger partial charge >= 0.3 is 0 Å². The fourth-order valence-electron chi connectivity index (χ4n) is 3.70. The molecule has 3 rings (SSSR count). The van der Waals surface area contributed by atoms with Crippen molar-refractivity contribution in [2.45, 2.75) is 50.7 Å². The molecular formula is C28H31ClFN3O4S. The van der Waals surface area contributed by atoms with Gasteiger partial charge in [-0.15, -0.1) is 0 Å². The first-order chi connectivity index (χ1) is 17.8. The van der Waals surface area contributed by atoms with Crippen LogP contribution in [0.15, 0.2) is 83.8 Å². The number of nitrogens with zero attached hydrogens (tertiary/aromatic N) is 2. The fourth-order valence-corrected chi connectivity index (χ4v) is 5.24. The summed E-state index contributed by atoms with van der Waals surface area (Å²) in [5.74, 6) is -1.44. The standard InChI is InChI=1S/C28H31ClFN3O4S/c1-20(27(35)31-28(2,3)4)32(18-21-10-14-23(30)15-11-21)26(34)19-33(24-8-6-5-7-9-24)38(36,37)25-16-12-22(29)13-17-25/h5-17,20H,18-19H2,1-4H3,(H,31,35)/t20-/m0/s1. The number of rotatable bonds is 9. The first kappa shape index (κ1) is 29.1. The maximum Gasteiger partial charge on any atom is 0.264 e. The zero-order valence-electron chi connectivity index (χ0n) is 21.7. The van der Waals surface area contributed by atoms with Crippen LogP contribution in [0.2, 0.25) is 5.02 Å². The van der Waals surface area contributed by atoms with Gasteiger partial charge in [-0.1, -0.05) is 41.9 Å². The molecule has 0 aliphatic heterocycles. The van der Waals surface area contributed by atoms with Crippen LogP contribution in [-0.2, 0) is 26.2 Å². The molecule has 1 atom stereocenters. The molecule has 38 heavy (non-hydrogen) atoms. The Morgan fingerprint density at radius 1 is 0.947 bits per heavy atom. The van der Waals surface area contributed by atoms with Crippen molar-refractivity contribution < 1.29 is 22.4 Å². The Kier molecular flexibility index (Phi) is 9.17. The summed E-state index contributed by atoms with van der Waals surface area (Å²) in [6, 6.07) is 18.5. The van der Waals surface area contributed by atoms with Crippen molar-refractivity contribution in [1.29, 1.82) is 0 Å². The molecule has 0 unspecified atom stereocenters. The quantitative estimate of drug-likeness (QED) is 0.399. The van der Waals surface area contributed by atoms with Crippen molar-refractivity contribution in [3.8, 4) is 0 Å². The molecule has 3 aromatic carbocycles. The lowest BCUT2D eigenvalue weighted by Gasteiger charge is -2.33. The zero-order valence-corrected chi connectivity index (χ0v) is 23.3. The van der Waals surface area contributed by atoms with Crippen LogP contribution in [0.25, 0.3) is 0 Å². The van der Waals surface area contributed by atoms with Crippen molar-refractivity contribution >= 4 is 39.1 Å². The smallest absolute Gasteiger partial charge is 0.264 e. The highest BCUT2D eigenvalue weighted by Gasteiger charge is 2.33. The molecular weight excluding hydrogens is 529 g/mol. The van der Waals surface area contributed by atoms with E-state index in [1.54, 1.807) is 37.3 Å². The van der Waals surface area contributed by atoms with E-state index in [0.29, 0.717) is 10.6 Å². The minimum atomic E-state index is -4.18. The minimum Gasteiger partial charge on any atom is -0.350 e. The summed E-state index contributed by atoms with van der Waals surface area (Å²) in [6.45, 7) is 6.44. The number of sulfonamides is 1. The summed E-state index contributed by atoms with van der Waals surface area (Å²) in [7, 11) is -4.18. The van der Waals surface area contributed by atoms with Gasteiger partial charge in [0.2, 0.25) is 11.8 Å². The lowest BCUT2D eigenvalue weighted by molar-refractivity contribution is -0.140. The Hall–Kier alpha value is -3.43. The molecule has 0 radical (unpaired) electrons. The molecule has 7 nitrogen and oxygen atoms in total. The summed E-state index contributed by atoms with van der Waals surface area (Å²) in [5.41, 5.74) is 0.315. The SMILES string of the molecule is C[C@@H](C(=O)NC(C)(C)C)N(Cc1ccc(F)cc1)C(=O)CN(c1ccccc1)S(=O)(=O)c1ccc(Cl)cc1. The summed E-state index contributed by atoms with van der Waals surface area (Å²) in [4.78, 5) is 28.1. The largest absolute Gasteiger partial charge is 0.350 e. The minimum absolute atomic E-state index is 0.0263. The van der Waals surface area contributed by atoms with E-state index in [1.165, 1.54) is 53.4 Å². The Morgan fingerprint density at radius 2 is 1.53 bits per heavy atom. The number of carbonyl (C=O) groups is 2. The first-order valence-electron chi connectivity index (χ1n) is 12.0. The molecule has 0 saturated carbocycles. The molecule has 3 aromatic rings. The number of anilines is 1. The average molecular weight is 560 g/mol. The fraction of sp³-hybridized carbons (Fsp3) is 0.286. The highest BCUT2D eigenvalue weighted by Crippen LogP contribution is 2.25. The second-order valence-corrected chi connectivity index (χ2v) is 12.2. The number of halogens is 2. The van der Waals surface area contributed by atoms with Crippen molar-refractivity contribution in [1.82, 2.24) is 10.2 Å². The van der Waals surface area contributed by atoms with Gasteiger partial charge in [0.15, 0.2) is 0 Å². The number of hydrogen-bond acceptors (Lipinski definition) is 4. The van der Waals surface area contributed by atoms with E-state index in [1.807, 2.05) is 20.8 Å². The molecule has 0 heterocycles. The topological polar surface area (TPSA) is 86.8 Å². The molecule has 0 aromatic heterocycles. The number of para-hydroxylation sites is 1. The van der Waals surface area contributed by atoms with Crippen molar-refractivity contribution in [2.24, 2.45) is 0 Å². The summed E-state index contributed by atoms with van der Waals surface area (Å²) >= 11 is 5.95. The van der Waals surface area contributed by atoms with E-state index in [9.17, 15) is 22.4 Å². The second kappa shape index (κ2) is 12.0. The molecule has 0 saturated heterocycles. The Balaban J connectivity index is 2.00. The van der Waals surface area contributed by atoms with Crippen LogP contribution in [0.3, 0.4) is 0 Å². The molecule has 10 heteroatoms. The van der Waals surface area contributed by atoms with Gasteiger partial charge in [0.25, 0.3) is 10.0 Å². The lowest BCUT2D eigenvalue weighted by Crippen LogP contribution is -2.54. The van der Waals surface area contributed by atoms with E-state index in [4.69, 9.17) is 11.6 Å². The van der Waals surface area contributed by atoms with Crippen LogP contribution in [0.5, 0.6) is 0 Å². The molecule has 0 fully saturated rings. The molecule has 0 spiro atoms. The van der Waals surface area contributed by atoms with Crippen molar-refractivity contribution in [3.05, 3.63) is 95.3 Å². The highest BCUT2D eigenvalue weighted by molar-refractivity contribution is 7.92. The highest BCUT2D eigenvalue weighted by atomic mass is 35.5. The van der Waals surface area contributed by atoms with Gasteiger partial charge in [-0.2, -0.15) is 0 Å². The normalized spacial score (nSPS) is 12.5. The third kappa shape index (κ3) is 7.55. The van der Waals surface area contributed by atoms with Crippen LogP contribution in [-0.4, -0.2) is 43.3 Å². The van der Waals surface area contributed by atoms with Crippen LogP contribution in [0, 0.1) is 5.82 Å². The average Bonchev–Trinajstić information content (AvgIpc) is 2.86. The van der Waals surface area contributed by atoms with Gasteiger partial charge in [0.1, 0.15) is 18.4 Å². The van der Waals surface area contributed by atoms with Gasteiger partial charge < -0.3 is 10.2 Å². The van der Waals surface area contributed by atoms with Crippen LogP contribution >= 0.6 is 11.6 Å². The van der Waals surface area contributed by atoms with Gasteiger partial charge in [0, 0.05) is 17.1 Å². The van der Waals surface area contributed by atoms with Crippen LogP contribution < -0.4 is 9.62 Å². The molecule has 0 aliphatic carbocycles. The Morgan fingerprint density at radius 3 is 2.08 bits per heavy atom. The summed E-state index contributed by atoms with van der Waals surface area (Å²) in [5, 5.41) is 3.23. The molecule has 0 aliphatic rings. The predicted molar refractivity (Wildman–Crippen MR) is 147 cm³/mol. The molecule has 2 amide bonds. The third-order valence-corrected chi connectivity index (χ3v) is 7.70. The zero-order chi connectivity index (χ0) is 28.1. The second-order valence-electron chi connectivity index (χ2n) is 9.86. The van der Waals surface area contributed by atoms with E-state index < -0.39 is 45.8 Å².